The van der Waals surface area contributed by atoms with Crippen molar-refractivity contribution in [3.63, 3.8) is 0 Å². The molecule has 1 aromatic rings. The van der Waals surface area contributed by atoms with Crippen molar-refractivity contribution in [2.45, 2.75) is 6.92 Å². The molecule has 0 atom stereocenters. The lowest BCUT2D eigenvalue weighted by Crippen LogP contribution is -2.07. The number of aryl methyl sites for hydroxylation is 1. The average Bonchev–Trinajstić information content (AvgIpc) is 2.04. The topological polar surface area (TPSA) is 29.1 Å². The lowest BCUT2D eigenvalue weighted by Gasteiger charge is -2.00. The van der Waals surface area contributed by atoms with Crippen molar-refractivity contribution in [2.24, 2.45) is 0 Å². The van der Waals surface area contributed by atoms with E-state index in [1.165, 1.54) is 0 Å². The molecule has 1 aromatic carbocycles. The molecule has 0 bridgehead atoms. The van der Waals surface area contributed by atoms with Crippen molar-refractivity contribution >= 4 is 11.6 Å². The summed E-state index contributed by atoms with van der Waals surface area (Å²) >= 11 is 0. The van der Waals surface area contributed by atoms with E-state index in [1.54, 1.807) is 6.07 Å². The van der Waals surface area contributed by atoms with Crippen LogP contribution < -0.4 is 5.32 Å². The molecule has 0 aliphatic carbocycles. The number of hydrogen-bond donors (Lipinski definition) is 1. The van der Waals surface area contributed by atoms with Gasteiger partial charge in [-0.2, -0.15) is 0 Å². The zero-order valence-corrected chi connectivity index (χ0v) is 6.79. The Bertz CT molecular complexity index is 336. The second-order valence-electron chi connectivity index (χ2n) is 2.47. The van der Waals surface area contributed by atoms with Gasteiger partial charge in [0.1, 0.15) is 0 Å². The Kier molecular flexibility index (Phi) is 2.49. The molecule has 0 saturated carbocycles. The molecule has 0 aromatic heterocycles. The molecule has 0 unspecified atom stereocenters. The Balaban J connectivity index is 2.78. The summed E-state index contributed by atoms with van der Waals surface area (Å²) in [4.78, 5) is 10.7. The zero-order valence-electron chi connectivity index (χ0n) is 6.79. The minimum absolute atomic E-state index is 0.416. The number of rotatable bonds is 1. The van der Waals surface area contributed by atoms with Crippen LogP contribution in [0.2, 0.25) is 0 Å². The SMILES string of the molecule is C#CC(=O)Nc1cccc(C)c1. The van der Waals surface area contributed by atoms with Crippen LogP contribution in [0.1, 0.15) is 5.56 Å². The standard InChI is InChI=1S/C10H9NO/c1-3-10(12)11-9-6-4-5-8(2)7-9/h1,4-7H,2H3,(H,11,12). The van der Waals surface area contributed by atoms with Crippen molar-refractivity contribution in [2.75, 3.05) is 5.32 Å². The van der Waals surface area contributed by atoms with E-state index in [4.69, 9.17) is 6.42 Å². The third-order valence-corrected chi connectivity index (χ3v) is 1.41. The van der Waals surface area contributed by atoms with Gasteiger partial charge in [0.25, 0.3) is 5.91 Å². The molecule has 1 N–H and O–H groups in total. The molecule has 0 aliphatic rings. The minimum atomic E-state index is -0.416. The Morgan fingerprint density at radius 3 is 2.92 bits per heavy atom. The fourth-order valence-corrected chi connectivity index (χ4v) is 0.890. The van der Waals surface area contributed by atoms with E-state index >= 15 is 0 Å². The van der Waals surface area contributed by atoms with Gasteiger partial charge in [0, 0.05) is 5.69 Å². The number of carbonyl (C=O) groups is 1. The Morgan fingerprint density at radius 1 is 1.58 bits per heavy atom. The monoisotopic (exact) mass is 159 g/mol. The Hall–Kier alpha value is -1.75. The molecule has 60 valence electrons. The maximum absolute atomic E-state index is 10.7. The predicted molar refractivity (Wildman–Crippen MR) is 48.6 cm³/mol. The molecule has 0 aliphatic heterocycles. The molecule has 0 radical (unpaired) electrons. The summed E-state index contributed by atoms with van der Waals surface area (Å²) in [5.74, 6) is 1.57. The van der Waals surface area contributed by atoms with Gasteiger partial charge in [-0.1, -0.05) is 12.1 Å². The van der Waals surface area contributed by atoms with Crippen LogP contribution in [0.4, 0.5) is 5.69 Å². The van der Waals surface area contributed by atoms with E-state index < -0.39 is 5.91 Å². The largest absolute Gasteiger partial charge is 0.315 e. The van der Waals surface area contributed by atoms with Crippen molar-refractivity contribution in [3.05, 3.63) is 29.8 Å². The number of anilines is 1. The van der Waals surface area contributed by atoms with E-state index in [-0.39, 0.29) is 0 Å². The summed E-state index contributed by atoms with van der Waals surface area (Å²) in [5.41, 5.74) is 1.82. The molecule has 0 fully saturated rings. The van der Waals surface area contributed by atoms with Crippen molar-refractivity contribution < 1.29 is 4.79 Å². The van der Waals surface area contributed by atoms with Crippen LogP contribution in [0.5, 0.6) is 0 Å². The number of carbonyl (C=O) groups excluding carboxylic acids is 1. The molecule has 2 heteroatoms. The Labute approximate surface area is 71.6 Å². The highest BCUT2D eigenvalue weighted by Gasteiger charge is 1.95. The molecular weight excluding hydrogens is 150 g/mol. The van der Waals surface area contributed by atoms with Crippen LogP contribution in [0, 0.1) is 19.3 Å². The van der Waals surface area contributed by atoms with Gasteiger partial charge in [-0.05, 0) is 30.5 Å². The van der Waals surface area contributed by atoms with Gasteiger partial charge in [-0.15, -0.1) is 6.42 Å². The van der Waals surface area contributed by atoms with Gasteiger partial charge >= 0.3 is 0 Å². The zero-order chi connectivity index (χ0) is 8.97. The van der Waals surface area contributed by atoms with Crippen LogP contribution in [0.25, 0.3) is 0 Å². The van der Waals surface area contributed by atoms with E-state index in [1.807, 2.05) is 31.0 Å². The van der Waals surface area contributed by atoms with Gasteiger partial charge in [-0.3, -0.25) is 4.79 Å². The number of amides is 1. The lowest BCUT2D eigenvalue weighted by molar-refractivity contribution is -0.111. The van der Waals surface area contributed by atoms with E-state index in [2.05, 4.69) is 5.32 Å². The fraction of sp³-hybridized carbons (Fsp3) is 0.100. The van der Waals surface area contributed by atoms with Crippen LogP contribution in [0.15, 0.2) is 24.3 Å². The first-order valence-electron chi connectivity index (χ1n) is 3.56. The highest BCUT2D eigenvalue weighted by molar-refractivity contribution is 6.03. The number of nitrogens with one attached hydrogen (secondary N) is 1. The normalized spacial score (nSPS) is 8.67. The average molecular weight is 159 g/mol. The number of benzene rings is 1. The molecule has 12 heavy (non-hydrogen) atoms. The lowest BCUT2D eigenvalue weighted by atomic mass is 10.2. The van der Waals surface area contributed by atoms with Crippen LogP contribution in [-0.4, -0.2) is 5.91 Å². The smallest absolute Gasteiger partial charge is 0.300 e. The molecule has 0 heterocycles. The van der Waals surface area contributed by atoms with E-state index in [9.17, 15) is 4.79 Å². The summed E-state index contributed by atoms with van der Waals surface area (Å²) in [5, 5.41) is 2.56. The van der Waals surface area contributed by atoms with Crippen LogP contribution in [0.3, 0.4) is 0 Å². The second-order valence-corrected chi connectivity index (χ2v) is 2.47. The molecule has 2 nitrogen and oxygen atoms in total. The third kappa shape index (κ3) is 2.14. The summed E-state index contributed by atoms with van der Waals surface area (Å²) in [7, 11) is 0. The summed E-state index contributed by atoms with van der Waals surface area (Å²) in [6, 6.07) is 7.46. The minimum Gasteiger partial charge on any atom is -0.315 e. The molecule has 0 spiro atoms. The maximum atomic E-state index is 10.7. The first-order valence-corrected chi connectivity index (χ1v) is 3.56. The number of hydrogen-bond acceptors (Lipinski definition) is 1. The quantitative estimate of drug-likeness (QED) is 0.619. The number of terminal acetylenes is 1. The highest BCUT2D eigenvalue weighted by Crippen LogP contribution is 2.08. The summed E-state index contributed by atoms with van der Waals surface area (Å²) < 4.78 is 0. The van der Waals surface area contributed by atoms with Gasteiger partial charge in [0.15, 0.2) is 0 Å². The third-order valence-electron chi connectivity index (χ3n) is 1.41. The Morgan fingerprint density at radius 2 is 2.33 bits per heavy atom. The van der Waals surface area contributed by atoms with Crippen LogP contribution >= 0.6 is 0 Å². The molecule has 1 amide bonds. The summed E-state index contributed by atoms with van der Waals surface area (Å²) in [6.07, 6.45) is 4.90. The van der Waals surface area contributed by atoms with E-state index in [0.29, 0.717) is 0 Å². The summed E-state index contributed by atoms with van der Waals surface area (Å²) in [6.45, 7) is 1.95. The maximum Gasteiger partial charge on any atom is 0.300 e. The van der Waals surface area contributed by atoms with Crippen molar-refractivity contribution in [3.8, 4) is 12.3 Å². The van der Waals surface area contributed by atoms with E-state index in [0.717, 1.165) is 11.3 Å². The van der Waals surface area contributed by atoms with Gasteiger partial charge in [0.05, 0.1) is 0 Å². The fourth-order valence-electron chi connectivity index (χ4n) is 0.890. The van der Waals surface area contributed by atoms with Crippen LogP contribution in [-0.2, 0) is 4.79 Å². The van der Waals surface area contributed by atoms with Gasteiger partial charge < -0.3 is 5.32 Å². The predicted octanol–water partition coefficient (Wildman–Crippen LogP) is 1.57. The first kappa shape index (κ1) is 8.35. The van der Waals surface area contributed by atoms with Crippen molar-refractivity contribution in [1.82, 2.24) is 0 Å². The highest BCUT2D eigenvalue weighted by atomic mass is 16.1. The molecule has 1 rings (SSSR count). The van der Waals surface area contributed by atoms with Gasteiger partial charge in [-0.25, -0.2) is 0 Å². The van der Waals surface area contributed by atoms with Crippen molar-refractivity contribution in [1.29, 1.82) is 0 Å². The second kappa shape index (κ2) is 3.59. The van der Waals surface area contributed by atoms with Gasteiger partial charge in [0.2, 0.25) is 0 Å². The molecular formula is C10H9NO. The molecule has 0 saturated heterocycles. The first-order chi connectivity index (χ1) is 5.72.